The first-order chi connectivity index (χ1) is 10.5. The number of rotatable bonds is 3. The monoisotopic (exact) mass is 290 g/mol. The van der Waals surface area contributed by atoms with Crippen molar-refractivity contribution < 1.29 is 4.79 Å². The normalized spacial score (nSPS) is 10.7. The standard InChI is InChI=1S/C19H18N2O/c1-12-9-13(2)19-17(10-12)18(7-8-20-19)21-16-6-4-5-15(11-16)14(3)22/h4-11H,1-3H3,(H,20,21). The van der Waals surface area contributed by atoms with Crippen LogP contribution in [0.1, 0.15) is 28.4 Å². The third-order valence-electron chi connectivity index (χ3n) is 3.73. The Kier molecular flexibility index (Phi) is 3.63. The molecule has 0 fully saturated rings. The number of Topliss-reactive ketones (excluding diaryl/α,β-unsaturated/α-hetero) is 1. The topological polar surface area (TPSA) is 42.0 Å². The summed E-state index contributed by atoms with van der Waals surface area (Å²) in [6.07, 6.45) is 1.81. The van der Waals surface area contributed by atoms with Crippen molar-refractivity contribution in [3.63, 3.8) is 0 Å². The Morgan fingerprint density at radius 3 is 2.68 bits per heavy atom. The van der Waals surface area contributed by atoms with Gasteiger partial charge in [-0.2, -0.15) is 0 Å². The molecule has 1 heterocycles. The molecular formula is C19H18N2O. The zero-order chi connectivity index (χ0) is 15.7. The Bertz CT molecular complexity index is 868. The number of fused-ring (bicyclic) bond motifs is 1. The van der Waals surface area contributed by atoms with Crippen LogP contribution in [0.25, 0.3) is 10.9 Å². The number of carbonyl (C=O) groups is 1. The molecule has 0 unspecified atom stereocenters. The Balaban J connectivity index is 2.08. The molecule has 0 saturated heterocycles. The van der Waals surface area contributed by atoms with E-state index >= 15 is 0 Å². The molecule has 0 amide bonds. The molecule has 0 bridgehead atoms. The van der Waals surface area contributed by atoms with Crippen LogP contribution >= 0.6 is 0 Å². The Hall–Kier alpha value is -2.68. The highest BCUT2D eigenvalue weighted by Crippen LogP contribution is 2.28. The summed E-state index contributed by atoms with van der Waals surface area (Å²) >= 11 is 0. The summed E-state index contributed by atoms with van der Waals surface area (Å²) in [6.45, 7) is 5.73. The van der Waals surface area contributed by atoms with Crippen LogP contribution in [-0.2, 0) is 0 Å². The maximum Gasteiger partial charge on any atom is 0.159 e. The van der Waals surface area contributed by atoms with E-state index in [-0.39, 0.29) is 5.78 Å². The molecule has 0 radical (unpaired) electrons. The fourth-order valence-electron chi connectivity index (χ4n) is 2.69. The van der Waals surface area contributed by atoms with E-state index in [0.29, 0.717) is 5.56 Å². The predicted molar refractivity (Wildman–Crippen MR) is 90.9 cm³/mol. The van der Waals surface area contributed by atoms with Gasteiger partial charge < -0.3 is 5.32 Å². The van der Waals surface area contributed by atoms with E-state index in [1.54, 1.807) is 6.92 Å². The first-order valence-electron chi connectivity index (χ1n) is 7.28. The van der Waals surface area contributed by atoms with Crippen molar-refractivity contribution in [2.24, 2.45) is 0 Å². The molecule has 2 aromatic carbocycles. The summed E-state index contributed by atoms with van der Waals surface area (Å²) in [5, 5.41) is 4.50. The first kappa shape index (κ1) is 14.3. The molecule has 22 heavy (non-hydrogen) atoms. The van der Waals surface area contributed by atoms with Crippen LogP contribution < -0.4 is 5.32 Å². The van der Waals surface area contributed by atoms with Crippen LogP contribution in [0, 0.1) is 13.8 Å². The van der Waals surface area contributed by atoms with Gasteiger partial charge in [0.25, 0.3) is 0 Å². The van der Waals surface area contributed by atoms with E-state index < -0.39 is 0 Å². The molecule has 0 aliphatic heterocycles. The minimum absolute atomic E-state index is 0.0647. The summed E-state index contributed by atoms with van der Waals surface area (Å²) in [6, 6.07) is 13.8. The van der Waals surface area contributed by atoms with Gasteiger partial charge in [0.05, 0.1) is 5.52 Å². The van der Waals surface area contributed by atoms with Crippen LogP contribution in [0.15, 0.2) is 48.7 Å². The number of hydrogen-bond acceptors (Lipinski definition) is 3. The van der Waals surface area contributed by atoms with Gasteiger partial charge in [-0.05, 0) is 50.6 Å². The number of anilines is 2. The SMILES string of the molecule is CC(=O)c1cccc(Nc2ccnc3c(C)cc(C)cc23)c1. The molecule has 0 atom stereocenters. The average molecular weight is 290 g/mol. The zero-order valence-corrected chi connectivity index (χ0v) is 13.0. The minimum atomic E-state index is 0.0647. The lowest BCUT2D eigenvalue weighted by Crippen LogP contribution is -1.97. The summed E-state index contributed by atoms with van der Waals surface area (Å²) in [5.74, 6) is 0.0647. The molecule has 3 nitrogen and oxygen atoms in total. The fraction of sp³-hybridized carbons (Fsp3) is 0.158. The van der Waals surface area contributed by atoms with Crippen molar-refractivity contribution in [2.45, 2.75) is 20.8 Å². The number of nitrogens with one attached hydrogen (secondary N) is 1. The Labute approximate surface area is 130 Å². The van der Waals surface area contributed by atoms with E-state index in [4.69, 9.17) is 0 Å². The fourth-order valence-corrected chi connectivity index (χ4v) is 2.69. The number of aromatic nitrogens is 1. The van der Waals surface area contributed by atoms with Gasteiger partial charge in [-0.25, -0.2) is 0 Å². The molecule has 1 aromatic heterocycles. The lowest BCUT2D eigenvalue weighted by atomic mass is 10.1. The van der Waals surface area contributed by atoms with Crippen LogP contribution in [-0.4, -0.2) is 10.8 Å². The van der Waals surface area contributed by atoms with Crippen molar-refractivity contribution in [1.82, 2.24) is 4.98 Å². The largest absolute Gasteiger partial charge is 0.355 e. The number of pyridine rings is 1. The molecule has 0 spiro atoms. The van der Waals surface area contributed by atoms with E-state index in [2.05, 4.69) is 36.3 Å². The number of aryl methyl sites for hydroxylation is 2. The summed E-state index contributed by atoms with van der Waals surface area (Å²) in [4.78, 5) is 16.0. The van der Waals surface area contributed by atoms with Gasteiger partial charge >= 0.3 is 0 Å². The lowest BCUT2D eigenvalue weighted by molar-refractivity contribution is 0.101. The van der Waals surface area contributed by atoms with Gasteiger partial charge in [-0.15, -0.1) is 0 Å². The molecule has 3 aromatic rings. The maximum atomic E-state index is 11.5. The number of ketones is 1. The second kappa shape index (κ2) is 5.60. The highest BCUT2D eigenvalue weighted by molar-refractivity contribution is 5.97. The molecular weight excluding hydrogens is 272 g/mol. The van der Waals surface area contributed by atoms with Gasteiger partial charge in [-0.3, -0.25) is 9.78 Å². The molecule has 3 heteroatoms. The van der Waals surface area contributed by atoms with Crippen molar-refractivity contribution in [3.8, 4) is 0 Å². The van der Waals surface area contributed by atoms with Gasteiger partial charge in [0.2, 0.25) is 0 Å². The molecule has 0 aliphatic carbocycles. The van der Waals surface area contributed by atoms with Crippen molar-refractivity contribution in [3.05, 3.63) is 65.4 Å². The number of hydrogen-bond donors (Lipinski definition) is 1. The van der Waals surface area contributed by atoms with Crippen molar-refractivity contribution in [2.75, 3.05) is 5.32 Å². The third kappa shape index (κ3) is 2.70. The van der Waals surface area contributed by atoms with E-state index in [1.165, 1.54) is 5.56 Å². The Morgan fingerprint density at radius 2 is 1.91 bits per heavy atom. The van der Waals surface area contributed by atoms with Gasteiger partial charge in [-0.1, -0.05) is 23.8 Å². The predicted octanol–water partition coefficient (Wildman–Crippen LogP) is 4.80. The second-order valence-electron chi connectivity index (χ2n) is 5.60. The van der Waals surface area contributed by atoms with Crippen LogP contribution in [0.4, 0.5) is 11.4 Å². The number of benzene rings is 2. The quantitative estimate of drug-likeness (QED) is 0.705. The van der Waals surface area contributed by atoms with Crippen molar-refractivity contribution in [1.29, 1.82) is 0 Å². The summed E-state index contributed by atoms with van der Waals surface area (Å²) < 4.78 is 0. The third-order valence-corrected chi connectivity index (χ3v) is 3.73. The first-order valence-corrected chi connectivity index (χ1v) is 7.28. The molecule has 0 saturated carbocycles. The number of nitrogens with zero attached hydrogens (tertiary/aromatic N) is 1. The van der Waals surface area contributed by atoms with Crippen LogP contribution in [0.2, 0.25) is 0 Å². The van der Waals surface area contributed by atoms with Crippen molar-refractivity contribution >= 4 is 28.1 Å². The highest BCUT2D eigenvalue weighted by atomic mass is 16.1. The van der Waals surface area contributed by atoms with E-state index in [0.717, 1.165) is 27.8 Å². The Morgan fingerprint density at radius 1 is 1.09 bits per heavy atom. The zero-order valence-electron chi connectivity index (χ0n) is 13.0. The highest BCUT2D eigenvalue weighted by Gasteiger charge is 2.07. The molecule has 110 valence electrons. The van der Waals surface area contributed by atoms with Gasteiger partial charge in [0.15, 0.2) is 5.78 Å². The van der Waals surface area contributed by atoms with E-state index in [9.17, 15) is 4.79 Å². The van der Waals surface area contributed by atoms with Crippen LogP contribution in [0.5, 0.6) is 0 Å². The molecule has 1 N–H and O–H groups in total. The maximum absolute atomic E-state index is 11.5. The summed E-state index contributed by atoms with van der Waals surface area (Å²) in [5.41, 5.74) is 5.97. The molecule has 3 rings (SSSR count). The average Bonchev–Trinajstić information content (AvgIpc) is 2.48. The minimum Gasteiger partial charge on any atom is -0.355 e. The van der Waals surface area contributed by atoms with E-state index in [1.807, 2.05) is 36.5 Å². The second-order valence-corrected chi connectivity index (χ2v) is 5.60. The smallest absolute Gasteiger partial charge is 0.159 e. The lowest BCUT2D eigenvalue weighted by Gasteiger charge is -2.12. The molecule has 0 aliphatic rings. The van der Waals surface area contributed by atoms with Crippen LogP contribution in [0.3, 0.4) is 0 Å². The van der Waals surface area contributed by atoms with Gasteiger partial charge in [0, 0.05) is 28.5 Å². The summed E-state index contributed by atoms with van der Waals surface area (Å²) in [7, 11) is 0. The van der Waals surface area contributed by atoms with Gasteiger partial charge in [0.1, 0.15) is 0 Å². The number of carbonyl (C=O) groups excluding carboxylic acids is 1.